The van der Waals surface area contributed by atoms with Gasteiger partial charge in [-0.3, -0.25) is 4.79 Å². The molecule has 0 aromatic rings. The third-order valence-corrected chi connectivity index (χ3v) is 3.85. The van der Waals surface area contributed by atoms with Crippen LogP contribution >= 0.6 is 0 Å². The van der Waals surface area contributed by atoms with Crippen LogP contribution in [0.2, 0.25) is 0 Å². The monoisotopic (exact) mass is 242 g/mol. The number of amides is 1. The summed E-state index contributed by atoms with van der Waals surface area (Å²) < 4.78 is 11.4. The Kier molecular flexibility index (Phi) is 4.01. The van der Waals surface area contributed by atoms with Gasteiger partial charge < -0.3 is 20.1 Å². The van der Waals surface area contributed by atoms with E-state index in [-0.39, 0.29) is 24.2 Å². The first-order valence-corrected chi connectivity index (χ1v) is 6.34. The number of ether oxygens (including phenoxy) is 2. The van der Waals surface area contributed by atoms with Gasteiger partial charge in [-0.15, -0.1) is 0 Å². The van der Waals surface area contributed by atoms with Gasteiger partial charge in [-0.05, 0) is 19.3 Å². The van der Waals surface area contributed by atoms with Crippen LogP contribution in [0.3, 0.4) is 0 Å². The molecule has 98 valence electrons. The lowest BCUT2D eigenvalue weighted by molar-refractivity contribution is -0.163. The van der Waals surface area contributed by atoms with Gasteiger partial charge in [0.25, 0.3) is 0 Å². The fourth-order valence-electron chi connectivity index (χ4n) is 2.91. The van der Waals surface area contributed by atoms with Crippen molar-refractivity contribution in [3.05, 3.63) is 0 Å². The average molecular weight is 242 g/mol. The zero-order valence-electron chi connectivity index (χ0n) is 10.5. The van der Waals surface area contributed by atoms with Crippen molar-refractivity contribution in [2.75, 3.05) is 33.4 Å². The topological polar surface area (TPSA) is 64.8 Å². The van der Waals surface area contributed by atoms with Crippen LogP contribution in [0.5, 0.6) is 0 Å². The molecule has 17 heavy (non-hydrogen) atoms. The summed E-state index contributed by atoms with van der Waals surface area (Å²) >= 11 is 0. The zero-order valence-corrected chi connectivity index (χ0v) is 10.5. The second-order valence-electron chi connectivity index (χ2n) is 5.00. The number of nitrogens with two attached hydrogens (primary N) is 1. The lowest BCUT2D eigenvalue weighted by atomic mass is 9.84. The molecule has 2 N–H and O–H groups in total. The molecule has 0 bridgehead atoms. The predicted octanol–water partition coefficient (Wildman–Crippen LogP) is 0.132. The Balaban J connectivity index is 2.01. The van der Waals surface area contributed by atoms with Gasteiger partial charge in [0.15, 0.2) is 0 Å². The van der Waals surface area contributed by atoms with Gasteiger partial charge in [0.1, 0.15) is 0 Å². The summed E-state index contributed by atoms with van der Waals surface area (Å²) in [6, 6.07) is 0. The summed E-state index contributed by atoms with van der Waals surface area (Å²) in [7, 11) is 1.75. The van der Waals surface area contributed by atoms with Crippen molar-refractivity contribution >= 4 is 5.91 Å². The maximum atomic E-state index is 11.7. The Labute approximate surface area is 102 Å². The first kappa shape index (κ1) is 12.8. The Hall–Kier alpha value is -0.650. The molecule has 0 radical (unpaired) electrons. The molecule has 0 saturated carbocycles. The molecular weight excluding hydrogens is 220 g/mol. The van der Waals surface area contributed by atoms with Crippen LogP contribution in [0.1, 0.15) is 25.7 Å². The lowest BCUT2D eigenvalue weighted by Gasteiger charge is -2.46. The number of rotatable bonds is 2. The van der Waals surface area contributed by atoms with Crippen LogP contribution in [0, 0.1) is 0 Å². The van der Waals surface area contributed by atoms with Crippen LogP contribution in [-0.2, 0) is 14.3 Å². The normalized spacial score (nSPS) is 34.0. The minimum Gasteiger partial charge on any atom is -0.381 e. The summed E-state index contributed by atoms with van der Waals surface area (Å²) in [4.78, 5) is 13.5. The van der Waals surface area contributed by atoms with E-state index in [0.717, 1.165) is 38.8 Å². The molecular formula is C12H22N2O3. The van der Waals surface area contributed by atoms with Crippen molar-refractivity contribution in [3.63, 3.8) is 0 Å². The fraction of sp³-hybridized carbons (Fsp3) is 0.917. The third kappa shape index (κ3) is 2.78. The molecule has 2 saturated heterocycles. The largest absolute Gasteiger partial charge is 0.381 e. The molecule has 5 heteroatoms. The van der Waals surface area contributed by atoms with Crippen LogP contribution in [0.25, 0.3) is 0 Å². The van der Waals surface area contributed by atoms with E-state index in [4.69, 9.17) is 15.2 Å². The number of methoxy groups -OCH3 is 1. The van der Waals surface area contributed by atoms with Gasteiger partial charge >= 0.3 is 0 Å². The molecule has 2 atom stereocenters. The molecule has 2 fully saturated rings. The first-order valence-electron chi connectivity index (χ1n) is 6.34. The van der Waals surface area contributed by atoms with Crippen LogP contribution in [0.15, 0.2) is 0 Å². The molecule has 1 spiro atoms. The van der Waals surface area contributed by atoms with E-state index in [9.17, 15) is 4.79 Å². The van der Waals surface area contributed by atoms with Gasteiger partial charge in [-0.25, -0.2) is 0 Å². The molecule has 2 aliphatic rings. The highest BCUT2D eigenvalue weighted by molar-refractivity contribution is 5.78. The summed E-state index contributed by atoms with van der Waals surface area (Å²) in [5.41, 5.74) is 5.23. The Morgan fingerprint density at radius 1 is 1.65 bits per heavy atom. The molecule has 2 heterocycles. The van der Waals surface area contributed by atoms with E-state index in [1.807, 2.05) is 4.90 Å². The zero-order chi connectivity index (χ0) is 12.3. The molecule has 0 aromatic heterocycles. The maximum absolute atomic E-state index is 11.7. The first-order chi connectivity index (χ1) is 8.19. The number of likely N-dealkylation sites (tertiary alicyclic amines) is 1. The van der Waals surface area contributed by atoms with Crippen LogP contribution < -0.4 is 5.73 Å². The fourth-order valence-corrected chi connectivity index (χ4v) is 2.91. The van der Waals surface area contributed by atoms with Gasteiger partial charge in [0.05, 0.1) is 18.2 Å². The number of hydrogen-bond donors (Lipinski definition) is 1. The van der Waals surface area contributed by atoms with Crippen molar-refractivity contribution in [3.8, 4) is 0 Å². The number of carbonyl (C=O) groups is 1. The van der Waals surface area contributed by atoms with Crippen LogP contribution in [0.4, 0.5) is 0 Å². The summed E-state index contributed by atoms with van der Waals surface area (Å²) in [6.07, 6.45) is 4.10. The molecule has 2 aliphatic heterocycles. The average Bonchev–Trinajstić information content (AvgIpc) is 2.38. The van der Waals surface area contributed by atoms with Crippen LogP contribution in [-0.4, -0.2) is 55.9 Å². The predicted molar refractivity (Wildman–Crippen MR) is 63.6 cm³/mol. The minimum atomic E-state index is -0.192. The van der Waals surface area contributed by atoms with E-state index in [1.54, 1.807) is 7.11 Å². The highest BCUT2D eigenvalue weighted by Gasteiger charge is 2.42. The second-order valence-corrected chi connectivity index (χ2v) is 5.00. The smallest absolute Gasteiger partial charge is 0.236 e. The number of hydrogen-bond acceptors (Lipinski definition) is 4. The molecule has 2 rings (SSSR count). The van der Waals surface area contributed by atoms with Crippen molar-refractivity contribution in [2.45, 2.75) is 37.4 Å². The summed E-state index contributed by atoms with van der Waals surface area (Å²) in [5.74, 6) is 0.0206. The van der Waals surface area contributed by atoms with E-state index < -0.39 is 0 Å². The molecule has 1 amide bonds. The van der Waals surface area contributed by atoms with E-state index in [1.165, 1.54) is 0 Å². The lowest BCUT2D eigenvalue weighted by Crippen LogP contribution is -2.56. The van der Waals surface area contributed by atoms with Crippen molar-refractivity contribution in [1.29, 1.82) is 0 Å². The molecule has 0 aliphatic carbocycles. The third-order valence-electron chi connectivity index (χ3n) is 3.85. The highest BCUT2D eigenvalue weighted by Crippen LogP contribution is 2.34. The maximum Gasteiger partial charge on any atom is 0.236 e. The molecule has 0 aromatic carbocycles. The minimum absolute atomic E-state index is 0.0206. The summed E-state index contributed by atoms with van der Waals surface area (Å²) in [5, 5.41) is 0. The Bertz CT molecular complexity index is 281. The number of nitrogens with zero attached hydrogens (tertiary/aromatic N) is 1. The van der Waals surface area contributed by atoms with Crippen molar-refractivity contribution < 1.29 is 14.3 Å². The molecule has 5 nitrogen and oxygen atoms in total. The van der Waals surface area contributed by atoms with E-state index in [2.05, 4.69) is 0 Å². The molecule has 0 unspecified atom stereocenters. The quantitative estimate of drug-likeness (QED) is 0.747. The van der Waals surface area contributed by atoms with Crippen molar-refractivity contribution in [1.82, 2.24) is 4.90 Å². The summed E-state index contributed by atoms with van der Waals surface area (Å²) in [6.45, 7) is 2.29. The Morgan fingerprint density at radius 3 is 3.18 bits per heavy atom. The van der Waals surface area contributed by atoms with Gasteiger partial charge in [-0.1, -0.05) is 0 Å². The second kappa shape index (κ2) is 5.33. The standard InChI is InChI=1S/C12H22N2O3/c1-16-10-3-6-17-12(7-10)4-2-5-14(9-12)11(15)8-13/h10H,2-9,13H2,1H3/t10-,12-/m1/s1. The van der Waals surface area contributed by atoms with E-state index in [0.29, 0.717) is 6.54 Å². The van der Waals surface area contributed by atoms with Gasteiger partial charge in [0.2, 0.25) is 5.91 Å². The number of piperidine rings is 1. The highest BCUT2D eigenvalue weighted by atomic mass is 16.5. The van der Waals surface area contributed by atoms with E-state index >= 15 is 0 Å². The van der Waals surface area contributed by atoms with Gasteiger partial charge in [0, 0.05) is 33.2 Å². The number of carbonyl (C=O) groups excluding carboxylic acids is 1. The van der Waals surface area contributed by atoms with Crippen molar-refractivity contribution in [2.24, 2.45) is 5.73 Å². The van der Waals surface area contributed by atoms with Gasteiger partial charge in [-0.2, -0.15) is 0 Å². The SMILES string of the molecule is CO[C@@H]1CCO[C@]2(CCCN(C(=O)CN)C2)C1. The Morgan fingerprint density at radius 2 is 2.47 bits per heavy atom.